The Bertz CT molecular complexity index is 1550. The summed E-state index contributed by atoms with van der Waals surface area (Å²) in [6.07, 6.45) is 2.71. The average Bonchev–Trinajstić information content (AvgIpc) is 2.89. The van der Waals surface area contributed by atoms with E-state index >= 15 is 0 Å². The zero-order chi connectivity index (χ0) is 24.2. The molecule has 1 heterocycles. The third kappa shape index (κ3) is 4.72. The lowest BCUT2D eigenvalue weighted by molar-refractivity contribution is -0.111. The number of nitrogens with two attached hydrogens (primary N) is 1. The largest absolute Gasteiger partial charge is 0.383 e. The van der Waals surface area contributed by atoms with Crippen LogP contribution in [0.5, 0.6) is 0 Å². The molecule has 0 aliphatic rings. The Labute approximate surface area is 203 Å². The van der Waals surface area contributed by atoms with E-state index in [1.165, 1.54) is 12.4 Å². The van der Waals surface area contributed by atoms with Crippen LogP contribution in [0.3, 0.4) is 0 Å². The molecule has 0 saturated carbocycles. The molecule has 5 aromatic rings. The molecular formula is C29H23N5O. The molecule has 4 N–H and O–H groups in total. The van der Waals surface area contributed by atoms with Gasteiger partial charge in [0.2, 0.25) is 5.91 Å². The molecule has 0 saturated heterocycles. The number of para-hydroxylation sites is 1. The molecule has 1 amide bonds. The maximum Gasteiger partial charge on any atom is 0.247 e. The zero-order valence-electron chi connectivity index (χ0n) is 18.9. The van der Waals surface area contributed by atoms with E-state index in [-0.39, 0.29) is 5.91 Å². The molecule has 35 heavy (non-hydrogen) atoms. The smallest absolute Gasteiger partial charge is 0.247 e. The molecule has 0 unspecified atom stereocenters. The van der Waals surface area contributed by atoms with Crippen LogP contribution in [0.4, 0.5) is 22.9 Å². The molecule has 4 aromatic carbocycles. The molecule has 5 rings (SSSR count). The summed E-state index contributed by atoms with van der Waals surface area (Å²) in [4.78, 5) is 20.5. The maximum atomic E-state index is 11.8. The highest BCUT2D eigenvalue weighted by molar-refractivity contribution is 6.03. The van der Waals surface area contributed by atoms with Crippen molar-refractivity contribution in [2.75, 3.05) is 16.4 Å². The molecular weight excluding hydrogens is 434 g/mol. The van der Waals surface area contributed by atoms with Gasteiger partial charge in [-0.15, -0.1) is 0 Å². The number of nitrogen functional groups attached to an aromatic ring is 1. The minimum atomic E-state index is -0.268. The Balaban J connectivity index is 1.62. The second kappa shape index (κ2) is 9.49. The van der Waals surface area contributed by atoms with Gasteiger partial charge in [0, 0.05) is 28.0 Å². The van der Waals surface area contributed by atoms with Gasteiger partial charge in [0.15, 0.2) is 0 Å². The van der Waals surface area contributed by atoms with Crippen LogP contribution in [0.15, 0.2) is 110 Å². The van der Waals surface area contributed by atoms with Crippen LogP contribution in [0.1, 0.15) is 0 Å². The summed E-state index contributed by atoms with van der Waals surface area (Å²) in [5.41, 5.74) is 13.5. The predicted molar refractivity (Wildman–Crippen MR) is 143 cm³/mol. The fourth-order valence-corrected chi connectivity index (χ4v) is 4.00. The highest BCUT2D eigenvalue weighted by Crippen LogP contribution is 2.36. The highest BCUT2D eigenvalue weighted by atomic mass is 16.1. The number of hydrogen-bond acceptors (Lipinski definition) is 5. The Hall–Kier alpha value is -4.97. The van der Waals surface area contributed by atoms with Gasteiger partial charge >= 0.3 is 0 Å². The average molecular weight is 458 g/mol. The van der Waals surface area contributed by atoms with E-state index in [1.54, 1.807) is 0 Å². The van der Waals surface area contributed by atoms with Gasteiger partial charge in [0.25, 0.3) is 0 Å². The first-order valence-electron chi connectivity index (χ1n) is 11.1. The summed E-state index contributed by atoms with van der Waals surface area (Å²) < 4.78 is 0. The van der Waals surface area contributed by atoms with Crippen LogP contribution in [-0.4, -0.2) is 15.9 Å². The van der Waals surface area contributed by atoms with Crippen molar-refractivity contribution in [3.05, 3.63) is 110 Å². The molecule has 6 heteroatoms. The molecule has 0 fully saturated rings. The van der Waals surface area contributed by atoms with Gasteiger partial charge in [0.1, 0.15) is 12.1 Å². The van der Waals surface area contributed by atoms with E-state index in [2.05, 4.69) is 45.4 Å². The van der Waals surface area contributed by atoms with Crippen LogP contribution in [-0.2, 0) is 4.79 Å². The van der Waals surface area contributed by atoms with Gasteiger partial charge in [-0.3, -0.25) is 4.79 Å². The lowest BCUT2D eigenvalue weighted by atomic mass is 9.95. The van der Waals surface area contributed by atoms with Gasteiger partial charge < -0.3 is 16.4 Å². The third-order valence-electron chi connectivity index (χ3n) is 5.65. The van der Waals surface area contributed by atoms with Crippen molar-refractivity contribution in [2.45, 2.75) is 0 Å². The van der Waals surface area contributed by atoms with Crippen molar-refractivity contribution in [1.29, 1.82) is 0 Å². The number of benzene rings is 4. The fraction of sp³-hybridized carbons (Fsp3) is 0. The van der Waals surface area contributed by atoms with Gasteiger partial charge in [0.05, 0.1) is 5.52 Å². The van der Waals surface area contributed by atoms with Crippen LogP contribution in [0, 0.1) is 0 Å². The molecule has 0 aliphatic heterocycles. The number of nitrogens with one attached hydrogen (secondary N) is 2. The maximum absolute atomic E-state index is 11.8. The molecule has 0 radical (unpaired) electrons. The Kier molecular flexibility index (Phi) is 5.92. The Morgan fingerprint density at radius 3 is 2.29 bits per heavy atom. The van der Waals surface area contributed by atoms with Crippen molar-refractivity contribution in [1.82, 2.24) is 9.97 Å². The van der Waals surface area contributed by atoms with E-state index in [4.69, 9.17) is 5.73 Å². The van der Waals surface area contributed by atoms with Crippen molar-refractivity contribution in [3.63, 3.8) is 0 Å². The summed E-state index contributed by atoms with van der Waals surface area (Å²) in [5.74, 6) is 0.142. The zero-order valence-corrected chi connectivity index (χ0v) is 18.9. The first-order valence-corrected chi connectivity index (χ1v) is 11.1. The molecule has 0 aliphatic carbocycles. The lowest BCUT2D eigenvalue weighted by Gasteiger charge is -2.14. The Morgan fingerprint density at radius 1 is 0.771 bits per heavy atom. The number of fused-ring (bicyclic) bond motifs is 1. The summed E-state index contributed by atoms with van der Waals surface area (Å²) in [5, 5.41) is 7.02. The van der Waals surface area contributed by atoms with Gasteiger partial charge in [-0.1, -0.05) is 49.0 Å². The minimum Gasteiger partial charge on any atom is -0.383 e. The molecule has 0 spiro atoms. The number of aromatic nitrogens is 2. The standard InChI is InChI=1S/C29H23N5O/c1-2-27(35)34-24-13-7-9-20(15-24)25-16-21(17-26-28(25)31-18-32-29(26)30)19-8-6-12-23(14-19)33-22-10-4-3-5-11-22/h2-18,33H,1H2,(H,34,35)(H2,30,31,32). The van der Waals surface area contributed by atoms with Crippen LogP contribution < -0.4 is 16.4 Å². The summed E-state index contributed by atoms with van der Waals surface area (Å²) >= 11 is 0. The number of rotatable bonds is 6. The van der Waals surface area contributed by atoms with Crippen LogP contribution in [0.25, 0.3) is 33.2 Å². The number of carbonyl (C=O) groups excluding carboxylic acids is 1. The van der Waals surface area contributed by atoms with Gasteiger partial charge in [-0.05, 0) is 71.3 Å². The van der Waals surface area contributed by atoms with E-state index in [0.717, 1.165) is 44.5 Å². The summed E-state index contributed by atoms with van der Waals surface area (Å²) in [6, 6.07) is 29.9. The minimum absolute atomic E-state index is 0.268. The van der Waals surface area contributed by atoms with Crippen LogP contribution in [0.2, 0.25) is 0 Å². The predicted octanol–water partition coefficient (Wildman–Crippen LogP) is 6.41. The second-order valence-electron chi connectivity index (χ2n) is 8.02. The molecule has 170 valence electrons. The van der Waals surface area contributed by atoms with E-state index in [1.807, 2.05) is 72.8 Å². The van der Waals surface area contributed by atoms with Gasteiger partial charge in [-0.2, -0.15) is 0 Å². The number of carbonyl (C=O) groups is 1. The lowest BCUT2D eigenvalue weighted by Crippen LogP contribution is -2.07. The van der Waals surface area contributed by atoms with Crippen LogP contribution >= 0.6 is 0 Å². The topological polar surface area (TPSA) is 92.9 Å². The summed E-state index contributed by atoms with van der Waals surface area (Å²) in [7, 11) is 0. The van der Waals surface area contributed by atoms with E-state index in [0.29, 0.717) is 11.5 Å². The second-order valence-corrected chi connectivity index (χ2v) is 8.02. The molecule has 1 aromatic heterocycles. The van der Waals surface area contributed by atoms with Crippen molar-refractivity contribution < 1.29 is 4.79 Å². The highest BCUT2D eigenvalue weighted by Gasteiger charge is 2.13. The van der Waals surface area contributed by atoms with E-state index < -0.39 is 0 Å². The monoisotopic (exact) mass is 457 g/mol. The first-order chi connectivity index (χ1) is 17.1. The van der Waals surface area contributed by atoms with Crippen molar-refractivity contribution >= 4 is 39.7 Å². The third-order valence-corrected chi connectivity index (χ3v) is 5.65. The normalized spacial score (nSPS) is 10.6. The van der Waals surface area contributed by atoms with Gasteiger partial charge in [-0.25, -0.2) is 9.97 Å². The molecule has 0 bridgehead atoms. The van der Waals surface area contributed by atoms with Crippen molar-refractivity contribution in [2.24, 2.45) is 0 Å². The molecule has 6 nitrogen and oxygen atoms in total. The summed E-state index contributed by atoms with van der Waals surface area (Å²) in [6.45, 7) is 3.52. The fourth-order valence-electron chi connectivity index (χ4n) is 4.00. The molecule has 0 atom stereocenters. The number of nitrogens with zero attached hydrogens (tertiary/aromatic N) is 2. The Morgan fingerprint density at radius 2 is 1.49 bits per heavy atom. The number of amides is 1. The first kappa shape index (κ1) is 21.9. The van der Waals surface area contributed by atoms with Crippen molar-refractivity contribution in [3.8, 4) is 22.3 Å². The number of anilines is 4. The van der Waals surface area contributed by atoms with E-state index in [9.17, 15) is 4.79 Å². The number of hydrogen-bond donors (Lipinski definition) is 3. The quantitative estimate of drug-likeness (QED) is 0.256. The SMILES string of the molecule is C=CC(=O)Nc1cccc(-c2cc(-c3cccc(Nc4ccccc4)c3)cc3c(N)ncnc23)c1.